The summed E-state index contributed by atoms with van der Waals surface area (Å²) in [5.74, 6) is -1.03. The van der Waals surface area contributed by atoms with Crippen molar-refractivity contribution >= 4 is 21.6 Å². The lowest BCUT2D eigenvalue weighted by atomic mass is 10.3. The maximum absolute atomic E-state index is 11.6. The number of primary amides is 1. The molecule has 2 rings (SSSR count). The van der Waals surface area contributed by atoms with Gasteiger partial charge in [-0.15, -0.1) is 0 Å². The van der Waals surface area contributed by atoms with E-state index in [1.165, 1.54) is 4.68 Å². The van der Waals surface area contributed by atoms with Crippen LogP contribution in [0.25, 0.3) is 5.69 Å². The Kier molecular flexibility index (Phi) is 3.03. The second kappa shape index (κ2) is 4.39. The zero-order valence-electron chi connectivity index (χ0n) is 10.1. The van der Waals surface area contributed by atoms with Crippen molar-refractivity contribution in [2.24, 2.45) is 5.73 Å². The maximum atomic E-state index is 11.6. The topological polar surface area (TPSA) is 121 Å². The summed E-state index contributed by atoms with van der Waals surface area (Å²) >= 11 is 0. The molecule has 4 N–H and O–H groups in total. The van der Waals surface area contributed by atoms with E-state index in [0.717, 1.165) is 6.26 Å². The molecule has 2 aromatic rings. The van der Waals surface area contributed by atoms with E-state index >= 15 is 0 Å². The molecule has 1 amide bonds. The molecule has 0 unspecified atom stereocenters. The minimum Gasteiger partial charge on any atom is -0.383 e. The van der Waals surface area contributed by atoms with Gasteiger partial charge in [0.2, 0.25) is 0 Å². The smallest absolute Gasteiger partial charge is 0.255 e. The Morgan fingerprint density at radius 3 is 2.26 bits per heavy atom. The predicted molar refractivity (Wildman–Crippen MR) is 69.6 cm³/mol. The summed E-state index contributed by atoms with van der Waals surface area (Å²) in [6, 6.07) is 8.62. The molecular weight excluding hydrogens is 268 g/mol. The fourth-order valence-electron chi connectivity index (χ4n) is 1.67. The van der Waals surface area contributed by atoms with Crippen LogP contribution in [-0.2, 0) is 9.84 Å². The number of aromatic nitrogens is 2. The fraction of sp³-hybridized carbons (Fsp3) is 0.0909. The molecule has 19 heavy (non-hydrogen) atoms. The van der Waals surface area contributed by atoms with Gasteiger partial charge >= 0.3 is 0 Å². The third-order valence-corrected chi connectivity index (χ3v) is 3.48. The van der Waals surface area contributed by atoms with Crippen LogP contribution in [0.4, 0.5) is 5.82 Å². The van der Waals surface area contributed by atoms with E-state index in [1.807, 2.05) is 0 Å². The van der Waals surface area contributed by atoms with Crippen molar-refractivity contribution in [2.45, 2.75) is 5.03 Å². The van der Waals surface area contributed by atoms with Crippen molar-refractivity contribution in [1.29, 1.82) is 0 Å². The van der Waals surface area contributed by atoms with Crippen LogP contribution >= 0.6 is 0 Å². The number of carbonyl (C=O) groups is 1. The summed E-state index contributed by atoms with van der Waals surface area (Å²) in [6.45, 7) is 0. The number of carbonyl (C=O) groups excluding carboxylic acids is 1. The van der Waals surface area contributed by atoms with Gasteiger partial charge in [0.15, 0.2) is 14.9 Å². The molecule has 0 saturated heterocycles. The van der Waals surface area contributed by atoms with E-state index in [9.17, 15) is 13.2 Å². The molecule has 0 bridgehead atoms. The number of amides is 1. The van der Waals surface area contributed by atoms with Crippen LogP contribution < -0.4 is 11.5 Å². The van der Waals surface area contributed by atoms with Gasteiger partial charge in [-0.05, 0) is 12.1 Å². The molecule has 0 atom stereocenters. The summed E-state index contributed by atoms with van der Waals surface area (Å²) in [6.07, 6.45) is 0.941. The lowest BCUT2D eigenvalue weighted by Gasteiger charge is -2.02. The highest BCUT2D eigenvalue weighted by Gasteiger charge is 2.27. The minimum atomic E-state index is -3.70. The molecule has 7 nitrogen and oxygen atoms in total. The quantitative estimate of drug-likeness (QED) is 0.816. The molecule has 100 valence electrons. The molecule has 1 heterocycles. The van der Waals surface area contributed by atoms with Gasteiger partial charge in [-0.25, -0.2) is 13.1 Å². The lowest BCUT2D eigenvalue weighted by molar-refractivity contribution is 0.0998. The zero-order chi connectivity index (χ0) is 14.2. The highest BCUT2D eigenvalue weighted by Crippen LogP contribution is 2.23. The largest absolute Gasteiger partial charge is 0.383 e. The molecule has 1 aromatic carbocycles. The Balaban J connectivity index is 2.77. The number of nitrogen functional groups attached to an aromatic ring is 1. The van der Waals surface area contributed by atoms with Gasteiger partial charge in [-0.1, -0.05) is 18.2 Å². The molecule has 0 spiro atoms. The number of sulfone groups is 1. The molecule has 0 aliphatic rings. The number of benzene rings is 1. The van der Waals surface area contributed by atoms with Gasteiger partial charge < -0.3 is 11.5 Å². The van der Waals surface area contributed by atoms with Crippen molar-refractivity contribution in [2.75, 3.05) is 12.0 Å². The Labute approximate surface area is 109 Å². The first-order valence-corrected chi connectivity index (χ1v) is 7.15. The van der Waals surface area contributed by atoms with E-state index in [1.54, 1.807) is 30.3 Å². The highest BCUT2D eigenvalue weighted by molar-refractivity contribution is 7.90. The van der Waals surface area contributed by atoms with Gasteiger partial charge in [-0.2, -0.15) is 5.10 Å². The SMILES string of the molecule is CS(=O)(=O)c1nn(-c2ccccc2)c(N)c1C(N)=O. The first-order valence-electron chi connectivity index (χ1n) is 5.26. The van der Waals surface area contributed by atoms with Crippen LogP contribution in [0.2, 0.25) is 0 Å². The Bertz CT molecular complexity index is 735. The van der Waals surface area contributed by atoms with Crippen LogP contribution in [0, 0.1) is 0 Å². The normalized spacial score (nSPS) is 11.4. The summed E-state index contributed by atoms with van der Waals surface area (Å²) in [7, 11) is -3.70. The highest BCUT2D eigenvalue weighted by atomic mass is 32.2. The number of nitrogens with two attached hydrogens (primary N) is 2. The lowest BCUT2D eigenvalue weighted by Crippen LogP contribution is -2.16. The van der Waals surface area contributed by atoms with Crippen LogP contribution in [-0.4, -0.2) is 30.4 Å². The van der Waals surface area contributed by atoms with Crippen LogP contribution in [0.1, 0.15) is 10.4 Å². The molecule has 0 aliphatic heterocycles. The van der Waals surface area contributed by atoms with Gasteiger partial charge in [0.1, 0.15) is 11.4 Å². The summed E-state index contributed by atoms with van der Waals surface area (Å²) in [5.41, 5.74) is 11.2. The minimum absolute atomic E-state index is 0.0980. The second-order valence-electron chi connectivity index (χ2n) is 3.95. The van der Waals surface area contributed by atoms with Gasteiger partial charge in [0.25, 0.3) is 5.91 Å². The van der Waals surface area contributed by atoms with E-state index in [2.05, 4.69) is 5.10 Å². The van der Waals surface area contributed by atoms with E-state index in [-0.39, 0.29) is 11.4 Å². The van der Waals surface area contributed by atoms with Crippen LogP contribution in [0.5, 0.6) is 0 Å². The van der Waals surface area contributed by atoms with Crippen molar-refractivity contribution in [1.82, 2.24) is 9.78 Å². The molecule has 0 radical (unpaired) electrons. The van der Waals surface area contributed by atoms with Gasteiger partial charge in [0.05, 0.1) is 5.69 Å². The number of rotatable bonds is 3. The average Bonchev–Trinajstić information content (AvgIpc) is 2.68. The summed E-state index contributed by atoms with van der Waals surface area (Å²) < 4.78 is 24.4. The zero-order valence-corrected chi connectivity index (χ0v) is 10.9. The summed E-state index contributed by atoms with van der Waals surface area (Å²) in [4.78, 5) is 11.4. The molecule has 8 heteroatoms. The van der Waals surface area contributed by atoms with Crippen molar-refractivity contribution in [3.05, 3.63) is 35.9 Å². The standard InChI is InChI=1S/C11H12N4O3S/c1-19(17,18)11-8(10(13)16)9(12)15(14-11)7-5-3-2-4-6-7/h2-6H,12H2,1H3,(H2,13,16). The average molecular weight is 280 g/mol. The third-order valence-electron chi connectivity index (χ3n) is 2.49. The molecule has 1 aromatic heterocycles. The number of anilines is 1. The predicted octanol–water partition coefficient (Wildman–Crippen LogP) is -0.0431. The third kappa shape index (κ3) is 2.29. The van der Waals surface area contributed by atoms with Gasteiger partial charge in [0, 0.05) is 6.26 Å². The fourth-order valence-corrected chi connectivity index (χ4v) is 2.47. The molecule has 0 aliphatic carbocycles. The number of hydrogen-bond donors (Lipinski definition) is 2. The van der Waals surface area contributed by atoms with Gasteiger partial charge in [-0.3, -0.25) is 4.79 Å². The van der Waals surface area contributed by atoms with E-state index < -0.39 is 20.8 Å². The maximum Gasteiger partial charge on any atom is 0.255 e. The number of para-hydroxylation sites is 1. The Hall–Kier alpha value is -2.35. The monoisotopic (exact) mass is 280 g/mol. The molecule has 0 saturated carbocycles. The Morgan fingerprint density at radius 2 is 1.84 bits per heavy atom. The van der Waals surface area contributed by atoms with Crippen molar-refractivity contribution < 1.29 is 13.2 Å². The van der Waals surface area contributed by atoms with E-state index in [0.29, 0.717) is 5.69 Å². The van der Waals surface area contributed by atoms with Crippen molar-refractivity contribution in [3.8, 4) is 5.69 Å². The molecule has 0 fully saturated rings. The summed E-state index contributed by atoms with van der Waals surface area (Å²) in [5, 5.41) is 3.46. The van der Waals surface area contributed by atoms with Crippen LogP contribution in [0.3, 0.4) is 0 Å². The number of nitrogens with zero attached hydrogens (tertiary/aromatic N) is 2. The molecular formula is C11H12N4O3S. The first-order chi connectivity index (χ1) is 8.82. The van der Waals surface area contributed by atoms with Crippen LogP contribution in [0.15, 0.2) is 35.4 Å². The van der Waals surface area contributed by atoms with E-state index in [4.69, 9.17) is 11.5 Å². The second-order valence-corrected chi connectivity index (χ2v) is 5.88. The number of hydrogen-bond acceptors (Lipinski definition) is 5. The Morgan fingerprint density at radius 1 is 1.26 bits per heavy atom. The first kappa shape index (κ1) is 13.1. The van der Waals surface area contributed by atoms with Crippen molar-refractivity contribution in [3.63, 3.8) is 0 Å².